The Morgan fingerprint density at radius 3 is 2.71 bits per heavy atom. The van der Waals surface area contributed by atoms with Crippen molar-refractivity contribution in [2.45, 2.75) is 33.4 Å². The number of carbonyl (C=O) groups excluding carboxylic acids is 1. The van der Waals surface area contributed by atoms with Crippen LogP contribution in [-0.2, 0) is 6.61 Å². The third-order valence-corrected chi connectivity index (χ3v) is 5.21. The van der Waals surface area contributed by atoms with E-state index >= 15 is 0 Å². The van der Waals surface area contributed by atoms with Crippen LogP contribution >= 0.6 is 11.6 Å². The molecule has 2 heterocycles. The van der Waals surface area contributed by atoms with Gasteiger partial charge >= 0.3 is 6.03 Å². The maximum Gasteiger partial charge on any atom is 0.323 e. The predicted molar refractivity (Wildman–Crippen MR) is 127 cm³/mol. The number of fused-ring (bicyclic) bond motifs is 1. The summed E-state index contributed by atoms with van der Waals surface area (Å²) in [7, 11) is 0. The van der Waals surface area contributed by atoms with E-state index in [0.717, 1.165) is 0 Å². The topological polar surface area (TPSA) is 103 Å². The van der Waals surface area contributed by atoms with Gasteiger partial charge in [-0.15, -0.1) is 0 Å². The van der Waals surface area contributed by atoms with Crippen molar-refractivity contribution in [2.24, 2.45) is 0 Å². The summed E-state index contributed by atoms with van der Waals surface area (Å²) in [4.78, 5) is 33.6. The quantitative estimate of drug-likeness (QED) is 0.409. The van der Waals surface area contributed by atoms with Crippen LogP contribution in [0.25, 0.3) is 5.78 Å². The fourth-order valence-electron chi connectivity index (χ4n) is 3.24. The van der Waals surface area contributed by atoms with Crippen LogP contribution in [0.5, 0.6) is 5.75 Å². The molecule has 0 fully saturated rings. The molecule has 0 radical (unpaired) electrons. The minimum absolute atomic E-state index is 0.0387. The molecule has 34 heavy (non-hydrogen) atoms. The molecular formula is C23H22ClFN6O3. The van der Waals surface area contributed by atoms with E-state index in [4.69, 9.17) is 16.3 Å². The lowest BCUT2D eigenvalue weighted by molar-refractivity contribution is 0.261. The van der Waals surface area contributed by atoms with Crippen LogP contribution in [0.1, 0.15) is 31.1 Å². The summed E-state index contributed by atoms with van der Waals surface area (Å²) in [5.74, 6) is 0.145. The zero-order valence-corrected chi connectivity index (χ0v) is 19.4. The highest BCUT2D eigenvalue weighted by atomic mass is 35.5. The number of nitrogens with zero attached hydrogens (tertiary/aromatic N) is 4. The van der Waals surface area contributed by atoms with E-state index in [2.05, 4.69) is 20.6 Å². The smallest absolute Gasteiger partial charge is 0.323 e. The first-order valence-electron chi connectivity index (χ1n) is 10.4. The largest absolute Gasteiger partial charge is 0.485 e. The van der Waals surface area contributed by atoms with Crippen molar-refractivity contribution in [3.05, 3.63) is 81.2 Å². The number of aryl methyl sites for hydroxylation is 1. The Morgan fingerprint density at radius 1 is 1.18 bits per heavy atom. The number of benzene rings is 2. The lowest BCUT2D eigenvalue weighted by Crippen LogP contribution is -2.23. The molecule has 4 rings (SSSR count). The van der Waals surface area contributed by atoms with Gasteiger partial charge in [0.1, 0.15) is 24.5 Å². The number of ether oxygens (including phenoxy) is 1. The van der Waals surface area contributed by atoms with Gasteiger partial charge in [-0.2, -0.15) is 9.50 Å². The van der Waals surface area contributed by atoms with Crippen LogP contribution in [0.3, 0.4) is 0 Å². The van der Waals surface area contributed by atoms with Crippen LogP contribution in [0.15, 0.2) is 53.6 Å². The second-order valence-corrected chi connectivity index (χ2v) is 8.32. The molecule has 4 aromatic rings. The minimum Gasteiger partial charge on any atom is -0.485 e. The third-order valence-electron chi connectivity index (χ3n) is 4.98. The summed E-state index contributed by atoms with van der Waals surface area (Å²) in [6.07, 6.45) is 1.55. The highest BCUT2D eigenvalue weighted by Gasteiger charge is 2.13. The molecule has 0 saturated carbocycles. The SMILES string of the molecule is Cc1ccc(NC(=O)Nc2cc(Cl)ccc2OCc2cc(=O)n3c(ncn3C(C)C)n2)cc1F. The van der Waals surface area contributed by atoms with Crippen molar-refractivity contribution in [1.82, 2.24) is 19.2 Å². The summed E-state index contributed by atoms with van der Waals surface area (Å²) in [6.45, 7) is 5.46. The average Bonchev–Trinajstić information content (AvgIpc) is 3.21. The summed E-state index contributed by atoms with van der Waals surface area (Å²) in [6, 6.07) is 9.89. The Kier molecular flexibility index (Phi) is 6.51. The lowest BCUT2D eigenvalue weighted by atomic mass is 10.2. The molecular weight excluding hydrogens is 463 g/mol. The van der Waals surface area contributed by atoms with Gasteiger partial charge in [-0.1, -0.05) is 17.7 Å². The van der Waals surface area contributed by atoms with E-state index < -0.39 is 11.8 Å². The van der Waals surface area contributed by atoms with Crippen molar-refractivity contribution in [3.63, 3.8) is 0 Å². The minimum atomic E-state index is -0.604. The van der Waals surface area contributed by atoms with Crippen molar-refractivity contribution < 1.29 is 13.9 Å². The third kappa shape index (κ3) is 5.01. The number of hydrogen-bond donors (Lipinski definition) is 2. The van der Waals surface area contributed by atoms with Crippen LogP contribution in [0.4, 0.5) is 20.6 Å². The highest BCUT2D eigenvalue weighted by Crippen LogP contribution is 2.29. The van der Waals surface area contributed by atoms with Crippen LogP contribution in [0, 0.1) is 12.7 Å². The Morgan fingerprint density at radius 2 is 1.97 bits per heavy atom. The van der Waals surface area contributed by atoms with Gasteiger partial charge in [0.25, 0.3) is 11.3 Å². The summed E-state index contributed by atoms with van der Waals surface area (Å²) >= 11 is 6.09. The average molecular weight is 485 g/mol. The molecule has 0 saturated heterocycles. The van der Waals surface area contributed by atoms with E-state index in [1.54, 1.807) is 42.2 Å². The van der Waals surface area contributed by atoms with Gasteiger partial charge in [0.05, 0.1) is 11.4 Å². The van der Waals surface area contributed by atoms with E-state index in [0.29, 0.717) is 33.4 Å². The van der Waals surface area contributed by atoms with Gasteiger partial charge in [-0.25, -0.2) is 14.2 Å². The number of carbonyl (C=O) groups is 1. The molecule has 2 N–H and O–H groups in total. The number of nitrogens with one attached hydrogen (secondary N) is 2. The summed E-state index contributed by atoms with van der Waals surface area (Å²) < 4.78 is 22.7. The Labute approximate surface area is 199 Å². The molecule has 0 unspecified atom stereocenters. The molecule has 9 nitrogen and oxygen atoms in total. The Hall–Kier alpha value is -3.92. The number of halogens is 2. The van der Waals surface area contributed by atoms with Gasteiger partial charge in [-0.3, -0.25) is 9.48 Å². The van der Waals surface area contributed by atoms with Gasteiger partial charge in [0.2, 0.25) is 0 Å². The molecule has 0 atom stereocenters. The zero-order valence-electron chi connectivity index (χ0n) is 18.7. The summed E-state index contributed by atoms with van der Waals surface area (Å²) in [5.41, 5.74) is 1.15. The monoisotopic (exact) mass is 484 g/mol. The maximum atomic E-state index is 13.8. The van der Waals surface area contributed by atoms with Crippen LogP contribution in [-0.4, -0.2) is 25.2 Å². The summed E-state index contributed by atoms with van der Waals surface area (Å²) in [5, 5.41) is 5.58. The molecule has 0 bridgehead atoms. The van der Waals surface area contributed by atoms with Crippen molar-refractivity contribution >= 4 is 34.8 Å². The molecule has 2 aromatic heterocycles. The normalized spacial score (nSPS) is 11.1. The molecule has 11 heteroatoms. The van der Waals surface area contributed by atoms with Gasteiger partial charge in [0.15, 0.2) is 0 Å². The maximum absolute atomic E-state index is 13.8. The second kappa shape index (κ2) is 9.52. The fraction of sp³-hybridized carbons (Fsp3) is 0.217. The van der Waals surface area contributed by atoms with Crippen molar-refractivity contribution in [2.75, 3.05) is 10.6 Å². The number of anilines is 2. The number of urea groups is 1. The number of aromatic nitrogens is 4. The van der Waals surface area contributed by atoms with Gasteiger partial charge in [0, 0.05) is 22.8 Å². The second-order valence-electron chi connectivity index (χ2n) is 7.89. The first-order chi connectivity index (χ1) is 16.2. The number of amides is 2. The van der Waals surface area contributed by atoms with Crippen molar-refractivity contribution in [3.8, 4) is 5.75 Å². The molecule has 0 spiro atoms. The highest BCUT2D eigenvalue weighted by molar-refractivity contribution is 6.31. The van der Waals surface area contributed by atoms with E-state index in [-0.39, 0.29) is 24.0 Å². The Bertz CT molecular complexity index is 1430. The lowest BCUT2D eigenvalue weighted by Gasteiger charge is -2.14. The van der Waals surface area contributed by atoms with Gasteiger partial charge < -0.3 is 15.4 Å². The molecule has 0 aliphatic rings. The van der Waals surface area contributed by atoms with Crippen LogP contribution in [0.2, 0.25) is 5.02 Å². The molecule has 0 aliphatic heterocycles. The Balaban J connectivity index is 1.50. The number of hydrogen-bond acceptors (Lipinski definition) is 5. The van der Waals surface area contributed by atoms with E-state index in [1.807, 2.05) is 13.8 Å². The molecule has 2 aromatic carbocycles. The van der Waals surface area contributed by atoms with Crippen LogP contribution < -0.4 is 20.9 Å². The standard InChI is InChI=1S/C23H22ClFN6O3/c1-13(2)30-12-26-22-27-17(10-21(32)31(22)30)11-34-20-7-5-15(24)8-19(20)29-23(33)28-16-6-4-14(3)18(25)9-16/h4-10,12-13H,11H2,1-3H3,(H2,28,29,33). The van der Waals surface area contributed by atoms with E-state index in [9.17, 15) is 14.0 Å². The van der Waals surface area contributed by atoms with Gasteiger partial charge in [-0.05, 0) is 56.7 Å². The molecule has 176 valence electrons. The van der Waals surface area contributed by atoms with E-state index in [1.165, 1.54) is 22.7 Å². The predicted octanol–water partition coefficient (Wildman–Crippen LogP) is 4.80. The van der Waals surface area contributed by atoms with Crippen molar-refractivity contribution in [1.29, 1.82) is 0 Å². The molecule has 0 aliphatic carbocycles. The molecule has 2 amide bonds. The zero-order chi connectivity index (χ0) is 24.4. The number of rotatable bonds is 6. The fourth-order valence-corrected chi connectivity index (χ4v) is 3.42. The first kappa shape index (κ1) is 23.2. The first-order valence-corrected chi connectivity index (χ1v) is 10.8.